The summed E-state index contributed by atoms with van der Waals surface area (Å²) in [7, 11) is 0. The smallest absolute Gasteiger partial charge is 0.178 e. The van der Waals surface area contributed by atoms with Gasteiger partial charge in [0.2, 0.25) is 0 Å². The predicted octanol–water partition coefficient (Wildman–Crippen LogP) is 1.91. The molecule has 1 atom stereocenters. The summed E-state index contributed by atoms with van der Waals surface area (Å²) in [5.74, 6) is 1.73. The highest BCUT2D eigenvalue weighted by Crippen LogP contribution is 2.22. The lowest BCUT2D eigenvalue weighted by atomic mass is 10.2. The van der Waals surface area contributed by atoms with E-state index in [2.05, 4.69) is 25.6 Å². The van der Waals surface area contributed by atoms with Crippen molar-refractivity contribution >= 4 is 17.3 Å². The molecule has 0 aromatic carbocycles. The zero-order valence-electron chi connectivity index (χ0n) is 13.4. The van der Waals surface area contributed by atoms with Crippen molar-refractivity contribution in [2.24, 2.45) is 0 Å². The summed E-state index contributed by atoms with van der Waals surface area (Å²) >= 11 is 0. The number of aryl methyl sites for hydroxylation is 1. The number of rotatable bonds is 4. The van der Waals surface area contributed by atoms with E-state index in [4.69, 9.17) is 0 Å². The molecule has 7 nitrogen and oxygen atoms in total. The van der Waals surface area contributed by atoms with E-state index in [0.717, 1.165) is 36.7 Å². The highest BCUT2D eigenvalue weighted by atomic mass is 19.1. The minimum absolute atomic E-state index is 0.193. The summed E-state index contributed by atoms with van der Waals surface area (Å²) in [5, 5.41) is 16.2. The fourth-order valence-corrected chi connectivity index (χ4v) is 3.02. The van der Waals surface area contributed by atoms with Gasteiger partial charge < -0.3 is 10.2 Å². The maximum Gasteiger partial charge on any atom is 0.178 e. The number of aromatic nitrogens is 5. The Bertz CT molecular complexity index is 863. The number of hydrogen-bond donors (Lipinski definition) is 1. The minimum atomic E-state index is -0.283. The normalized spacial score (nSPS) is 17.6. The van der Waals surface area contributed by atoms with Gasteiger partial charge in [-0.05, 0) is 30.7 Å². The quantitative estimate of drug-likeness (QED) is 0.789. The third-order valence-electron chi connectivity index (χ3n) is 4.22. The van der Waals surface area contributed by atoms with E-state index in [1.54, 1.807) is 16.8 Å². The molecule has 4 rings (SSSR count). The largest absolute Gasteiger partial charge is 0.364 e. The lowest BCUT2D eigenvalue weighted by Gasteiger charge is -2.18. The minimum Gasteiger partial charge on any atom is -0.364 e. The molecule has 24 heavy (non-hydrogen) atoms. The second kappa shape index (κ2) is 6.03. The van der Waals surface area contributed by atoms with Crippen molar-refractivity contribution in [1.82, 2.24) is 24.8 Å². The van der Waals surface area contributed by atoms with Crippen molar-refractivity contribution in [3.05, 3.63) is 42.1 Å². The summed E-state index contributed by atoms with van der Waals surface area (Å²) in [4.78, 5) is 6.11. The molecule has 1 N–H and O–H groups in total. The number of nitrogens with zero attached hydrogens (tertiary/aromatic N) is 6. The van der Waals surface area contributed by atoms with Crippen molar-refractivity contribution in [2.45, 2.75) is 25.8 Å². The Labute approximate surface area is 138 Å². The average molecular weight is 327 g/mol. The van der Waals surface area contributed by atoms with Crippen LogP contribution in [0.5, 0.6) is 0 Å². The second-order valence-electron chi connectivity index (χ2n) is 5.84. The van der Waals surface area contributed by atoms with Gasteiger partial charge in [0.1, 0.15) is 5.82 Å². The summed E-state index contributed by atoms with van der Waals surface area (Å²) in [6.45, 7) is 3.48. The van der Waals surface area contributed by atoms with Gasteiger partial charge in [0.05, 0.1) is 0 Å². The molecule has 4 heterocycles. The maximum atomic E-state index is 13.9. The molecule has 0 aliphatic carbocycles. The molecule has 8 heteroatoms. The number of nitrogens with one attached hydrogen (secondary N) is 1. The zero-order valence-corrected chi connectivity index (χ0v) is 13.4. The Hall–Kier alpha value is -2.77. The van der Waals surface area contributed by atoms with Gasteiger partial charge in [-0.1, -0.05) is 6.92 Å². The van der Waals surface area contributed by atoms with Crippen LogP contribution in [0.2, 0.25) is 0 Å². The van der Waals surface area contributed by atoms with E-state index in [1.165, 1.54) is 6.07 Å². The molecule has 0 radical (unpaired) electrons. The number of fused-ring (bicyclic) bond motifs is 1. The van der Waals surface area contributed by atoms with Crippen LogP contribution in [-0.2, 0) is 6.42 Å². The first-order valence-electron chi connectivity index (χ1n) is 8.08. The average Bonchev–Trinajstić information content (AvgIpc) is 3.21. The van der Waals surface area contributed by atoms with Crippen LogP contribution in [0.1, 0.15) is 19.2 Å². The Kier molecular flexibility index (Phi) is 3.72. The van der Waals surface area contributed by atoms with Crippen LogP contribution in [-0.4, -0.2) is 43.9 Å². The first-order chi connectivity index (χ1) is 11.7. The highest BCUT2D eigenvalue weighted by molar-refractivity contribution is 5.46. The Balaban J connectivity index is 1.49. The van der Waals surface area contributed by atoms with E-state index in [0.29, 0.717) is 12.4 Å². The first kappa shape index (κ1) is 14.8. The molecule has 0 saturated carbocycles. The lowest BCUT2D eigenvalue weighted by Crippen LogP contribution is -2.27. The molecule has 1 saturated heterocycles. The maximum absolute atomic E-state index is 13.9. The van der Waals surface area contributed by atoms with Gasteiger partial charge in [-0.3, -0.25) is 0 Å². The standard InChI is InChI=1S/C16H18FN7/c1-2-14-20-21-15-6-5-13(22-24(14)15)19-11-7-9-23(10-11)16-12(17)4-3-8-18-16/h3-6,8,11H,2,7,9-10H2,1H3,(H,19,22). The van der Waals surface area contributed by atoms with Crippen LogP contribution in [0.3, 0.4) is 0 Å². The van der Waals surface area contributed by atoms with Crippen molar-refractivity contribution in [1.29, 1.82) is 0 Å². The number of halogens is 1. The lowest BCUT2D eigenvalue weighted by molar-refractivity contribution is 0.615. The summed E-state index contributed by atoms with van der Waals surface area (Å²) in [5.41, 5.74) is 0.737. The second-order valence-corrected chi connectivity index (χ2v) is 5.84. The van der Waals surface area contributed by atoms with Crippen molar-refractivity contribution in [3.8, 4) is 0 Å². The molecule has 3 aromatic heterocycles. The first-order valence-corrected chi connectivity index (χ1v) is 8.08. The number of anilines is 2. The molecule has 3 aromatic rings. The zero-order chi connectivity index (χ0) is 16.5. The van der Waals surface area contributed by atoms with Gasteiger partial charge in [0.15, 0.2) is 23.1 Å². The summed E-state index contributed by atoms with van der Waals surface area (Å²) in [6.07, 6.45) is 3.29. The van der Waals surface area contributed by atoms with E-state index >= 15 is 0 Å². The van der Waals surface area contributed by atoms with Crippen LogP contribution in [0.4, 0.5) is 16.0 Å². The third-order valence-corrected chi connectivity index (χ3v) is 4.22. The van der Waals surface area contributed by atoms with Crippen LogP contribution in [0.15, 0.2) is 30.5 Å². The van der Waals surface area contributed by atoms with Gasteiger partial charge in [-0.2, -0.15) is 4.52 Å². The number of pyridine rings is 1. The van der Waals surface area contributed by atoms with Crippen molar-refractivity contribution < 1.29 is 4.39 Å². The Morgan fingerprint density at radius 3 is 3.04 bits per heavy atom. The predicted molar refractivity (Wildman–Crippen MR) is 88.6 cm³/mol. The van der Waals surface area contributed by atoms with Crippen LogP contribution in [0.25, 0.3) is 5.65 Å². The monoisotopic (exact) mass is 327 g/mol. The third kappa shape index (κ3) is 2.64. The molecule has 1 aliphatic heterocycles. The highest BCUT2D eigenvalue weighted by Gasteiger charge is 2.25. The fraction of sp³-hybridized carbons (Fsp3) is 0.375. The van der Waals surface area contributed by atoms with Gasteiger partial charge in [-0.15, -0.1) is 15.3 Å². The van der Waals surface area contributed by atoms with Crippen LogP contribution in [0, 0.1) is 5.82 Å². The van der Waals surface area contributed by atoms with Gasteiger partial charge in [-0.25, -0.2) is 9.37 Å². The SMILES string of the molecule is CCc1nnc2ccc(NC3CCN(c4ncccc4F)C3)nn12. The molecular weight excluding hydrogens is 309 g/mol. The van der Waals surface area contributed by atoms with E-state index in [-0.39, 0.29) is 11.9 Å². The van der Waals surface area contributed by atoms with Gasteiger partial charge >= 0.3 is 0 Å². The van der Waals surface area contributed by atoms with Gasteiger partial charge in [0.25, 0.3) is 0 Å². The molecule has 0 spiro atoms. The molecule has 1 unspecified atom stereocenters. The molecular formula is C16H18FN7. The topological polar surface area (TPSA) is 71.2 Å². The molecule has 0 amide bonds. The van der Waals surface area contributed by atoms with E-state index in [9.17, 15) is 4.39 Å². The molecule has 124 valence electrons. The van der Waals surface area contributed by atoms with Gasteiger partial charge in [0, 0.05) is 31.7 Å². The summed E-state index contributed by atoms with van der Waals surface area (Å²) < 4.78 is 15.6. The van der Waals surface area contributed by atoms with Crippen LogP contribution >= 0.6 is 0 Å². The summed E-state index contributed by atoms with van der Waals surface area (Å²) in [6, 6.07) is 7.03. The molecule has 0 bridgehead atoms. The van der Waals surface area contributed by atoms with Crippen LogP contribution < -0.4 is 10.2 Å². The van der Waals surface area contributed by atoms with E-state index < -0.39 is 0 Å². The fourth-order valence-electron chi connectivity index (χ4n) is 3.02. The Morgan fingerprint density at radius 1 is 1.29 bits per heavy atom. The van der Waals surface area contributed by atoms with Crippen molar-refractivity contribution in [3.63, 3.8) is 0 Å². The number of hydrogen-bond acceptors (Lipinski definition) is 6. The van der Waals surface area contributed by atoms with E-state index in [1.807, 2.05) is 24.0 Å². The molecule has 1 aliphatic rings. The Morgan fingerprint density at radius 2 is 2.21 bits per heavy atom. The molecule has 1 fully saturated rings. The van der Waals surface area contributed by atoms with Crippen molar-refractivity contribution in [2.75, 3.05) is 23.3 Å².